The monoisotopic (exact) mass is 498 g/mol. The van der Waals surface area contributed by atoms with Gasteiger partial charge in [0, 0.05) is 19.3 Å². The molecule has 9 heteroatoms. The molecule has 7 N–H and O–H groups in total. The fraction of sp³-hybridized carbons (Fsp3) is 0.920. The molecule has 0 spiro atoms. The van der Waals surface area contributed by atoms with Crippen molar-refractivity contribution >= 4 is 23.7 Å². The fourth-order valence-electron chi connectivity index (χ4n) is 6.01. The van der Waals surface area contributed by atoms with Crippen LogP contribution in [0.2, 0.25) is 0 Å². The van der Waals surface area contributed by atoms with Crippen molar-refractivity contribution < 1.29 is 9.53 Å². The summed E-state index contributed by atoms with van der Waals surface area (Å²) in [5.41, 5.74) is 12.6. The van der Waals surface area contributed by atoms with E-state index in [1.807, 2.05) is 0 Å². The van der Waals surface area contributed by atoms with Crippen molar-refractivity contribution in [3.05, 3.63) is 0 Å². The van der Waals surface area contributed by atoms with Crippen LogP contribution in [-0.2, 0) is 9.53 Å². The van der Waals surface area contributed by atoms with E-state index >= 15 is 0 Å². The molecular formula is C25H47ClN6O2. The molecular weight excluding hydrogens is 452 g/mol. The minimum absolute atomic E-state index is 0.0207. The Morgan fingerprint density at radius 2 is 2.03 bits per heavy atom. The molecule has 8 nitrogen and oxygen atoms in total. The maximum Gasteiger partial charge on any atom is 0.228 e. The van der Waals surface area contributed by atoms with Gasteiger partial charge in [0.15, 0.2) is 0 Å². The lowest BCUT2D eigenvalue weighted by Gasteiger charge is -2.41. The van der Waals surface area contributed by atoms with Crippen molar-refractivity contribution in [3.63, 3.8) is 0 Å². The topological polar surface area (TPSA) is 127 Å². The number of nitrogens with zero attached hydrogens (tertiary/aromatic N) is 1. The lowest BCUT2D eigenvalue weighted by Crippen LogP contribution is -2.60. The number of ether oxygens (including phenoxy) is 1. The van der Waals surface area contributed by atoms with Crippen molar-refractivity contribution in [2.24, 2.45) is 27.8 Å². The first-order valence-corrected chi connectivity index (χ1v) is 13.9. The van der Waals surface area contributed by atoms with E-state index in [0.29, 0.717) is 6.54 Å². The molecule has 3 aliphatic rings. The predicted molar refractivity (Wildman–Crippen MR) is 139 cm³/mol. The summed E-state index contributed by atoms with van der Waals surface area (Å²) in [6, 6.07) is -0.402. The van der Waals surface area contributed by atoms with Gasteiger partial charge >= 0.3 is 0 Å². The average Bonchev–Trinajstić information content (AvgIpc) is 2.82. The molecule has 0 aromatic carbocycles. The van der Waals surface area contributed by atoms with Gasteiger partial charge in [-0.05, 0) is 63.5 Å². The lowest BCUT2D eigenvalue weighted by atomic mass is 9.69. The quantitative estimate of drug-likeness (QED) is 0.244. The summed E-state index contributed by atoms with van der Waals surface area (Å²) in [6.45, 7) is 7.92. The first kappa shape index (κ1) is 27.8. The van der Waals surface area contributed by atoms with Gasteiger partial charge in [-0.2, -0.15) is 0 Å². The van der Waals surface area contributed by atoms with Crippen LogP contribution in [0.3, 0.4) is 0 Å². The Balaban J connectivity index is 1.74. The number of nitrogens with one attached hydrogen (secondary N) is 3. The number of hydrogen-bond donors (Lipinski definition) is 5. The van der Waals surface area contributed by atoms with Crippen LogP contribution in [0.5, 0.6) is 0 Å². The molecule has 1 amide bonds. The van der Waals surface area contributed by atoms with Crippen molar-refractivity contribution in [1.82, 2.24) is 16.0 Å². The third-order valence-electron chi connectivity index (χ3n) is 8.06. The normalized spacial score (nSPS) is 36.0. The number of hydrogen-bond acceptors (Lipinski definition) is 7. The van der Waals surface area contributed by atoms with E-state index in [1.165, 1.54) is 0 Å². The molecule has 3 heterocycles. The molecule has 2 fully saturated rings. The van der Waals surface area contributed by atoms with Crippen molar-refractivity contribution in [3.8, 4) is 0 Å². The highest BCUT2D eigenvalue weighted by Gasteiger charge is 2.41. The summed E-state index contributed by atoms with van der Waals surface area (Å²) < 4.78 is 6.44. The standard InChI is InChI=1S/C25H47ClN6O2/c1-3-9-25(4-2)10-7-17(26)14-31-19(13-25)22(23(27)28)24(33)32-20-16-30-12-8-21(20)34-18-6-5-11-29-15-18/h14,17-23,29-30H,3-13,15-16,27-28H2,1-2H3,(H,32,33). The predicted octanol–water partition coefficient (Wildman–Crippen LogP) is 1.89. The maximum atomic E-state index is 13.7. The van der Waals surface area contributed by atoms with Gasteiger partial charge in [-0.15, -0.1) is 11.6 Å². The molecule has 3 aliphatic heterocycles. The molecule has 0 aromatic heterocycles. The van der Waals surface area contributed by atoms with Crippen LogP contribution < -0.4 is 27.4 Å². The Labute approximate surface area is 210 Å². The van der Waals surface area contributed by atoms with E-state index in [9.17, 15) is 4.79 Å². The van der Waals surface area contributed by atoms with Crippen molar-refractivity contribution in [1.29, 1.82) is 0 Å². The lowest BCUT2D eigenvalue weighted by molar-refractivity contribution is -0.130. The summed E-state index contributed by atoms with van der Waals surface area (Å²) in [7, 11) is 0. The Hall–Kier alpha value is -0.770. The zero-order chi connectivity index (χ0) is 24.6. The van der Waals surface area contributed by atoms with Gasteiger partial charge < -0.3 is 32.2 Å². The van der Waals surface area contributed by atoms with E-state index in [-0.39, 0.29) is 41.0 Å². The Morgan fingerprint density at radius 1 is 1.24 bits per heavy atom. The van der Waals surface area contributed by atoms with Gasteiger partial charge in [-0.1, -0.05) is 26.7 Å². The number of carbonyl (C=O) groups is 1. The third kappa shape index (κ3) is 7.61. The van der Waals surface area contributed by atoms with Gasteiger partial charge in [0.2, 0.25) is 5.91 Å². The van der Waals surface area contributed by atoms with Crippen LogP contribution in [0, 0.1) is 11.3 Å². The molecule has 7 unspecified atom stereocenters. The van der Waals surface area contributed by atoms with Crippen LogP contribution in [0.4, 0.5) is 0 Å². The second-order valence-corrected chi connectivity index (χ2v) is 11.1. The van der Waals surface area contributed by atoms with E-state index in [1.54, 1.807) is 6.21 Å². The third-order valence-corrected chi connectivity index (χ3v) is 8.39. The number of piperidine rings is 2. The molecule has 0 aromatic rings. The van der Waals surface area contributed by atoms with E-state index in [2.05, 4.69) is 29.8 Å². The highest BCUT2D eigenvalue weighted by atomic mass is 35.5. The molecule has 7 atom stereocenters. The highest BCUT2D eigenvalue weighted by molar-refractivity contribution is 6.28. The summed E-state index contributed by atoms with van der Waals surface area (Å²) in [4.78, 5) is 18.5. The van der Waals surface area contributed by atoms with Gasteiger partial charge in [-0.25, -0.2) is 0 Å². The van der Waals surface area contributed by atoms with Gasteiger partial charge in [0.05, 0.1) is 41.8 Å². The van der Waals surface area contributed by atoms with Crippen LogP contribution in [0.1, 0.15) is 71.6 Å². The average molecular weight is 499 g/mol. The second kappa shape index (κ2) is 13.5. The molecule has 2 saturated heterocycles. The highest BCUT2D eigenvalue weighted by Crippen LogP contribution is 2.42. The van der Waals surface area contributed by atoms with E-state index in [0.717, 1.165) is 77.4 Å². The number of carbonyl (C=O) groups excluding carboxylic acids is 1. The maximum absolute atomic E-state index is 13.7. The summed E-state index contributed by atoms with van der Waals surface area (Å²) in [6.07, 6.45) is 10.2. The van der Waals surface area contributed by atoms with E-state index < -0.39 is 12.1 Å². The number of halogens is 1. The number of aliphatic imine (C=N–C) groups is 1. The second-order valence-electron chi connectivity index (χ2n) is 10.6. The molecule has 196 valence electrons. The van der Waals surface area contributed by atoms with Gasteiger partial charge in [-0.3, -0.25) is 9.79 Å². The molecule has 0 bridgehead atoms. The minimum Gasteiger partial charge on any atom is -0.371 e. The molecule has 34 heavy (non-hydrogen) atoms. The van der Waals surface area contributed by atoms with Gasteiger partial charge in [0.25, 0.3) is 0 Å². The minimum atomic E-state index is -0.801. The first-order chi connectivity index (χ1) is 16.4. The first-order valence-electron chi connectivity index (χ1n) is 13.4. The molecule has 0 saturated carbocycles. The van der Waals surface area contributed by atoms with Crippen molar-refractivity contribution in [2.45, 2.75) is 107 Å². The number of nitrogens with two attached hydrogens (primary N) is 2. The number of amides is 1. The Kier molecular flexibility index (Phi) is 11.1. The largest absolute Gasteiger partial charge is 0.371 e. The van der Waals surface area contributed by atoms with Gasteiger partial charge in [0.1, 0.15) is 0 Å². The van der Waals surface area contributed by atoms with Crippen LogP contribution in [-0.4, -0.2) is 74.1 Å². The zero-order valence-electron chi connectivity index (χ0n) is 21.1. The summed E-state index contributed by atoms with van der Waals surface area (Å²) >= 11 is 6.53. The molecule has 0 radical (unpaired) electrons. The Morgan fingerprint density at radius 3 is 2.71 bits per heavy atom. The number of rotatable bonds is 9. The molecule has 3 rings (SSSR count). The summed E-state index contributed by atoms with van der Waals surface area (Å²) in [5, 5.41) is 9.92. The SMILES string of the molecule is CCCC1(CC)CCC(Cl)C=NC(C(C(=O)NC2CNCCC2OC2CCCNC2)C(N)N)C1. The van der Waals surface area contributed by atoms with Crippen LogP contribution in [0.25, 0.3) is 0 Å². The van der Waals surface area contributed by atoms with Crippen molar-refractivity contribution in [2.75, 3.05) is 26.2 Å². The summed E-state index contributed by atoms with van der Waals surface area (Å²) in [5.74, 6) is -0.741. The fourth-order valence-corrected chi connectivity index (χ4v) is 6.18. The number of alkyl halides is 1. The Bertz CT molecular complexity index is 659. The smallest absolute Gasteiger partial charge is 0.228 e. The van der Waals surface area contributed by atoms with E-state index in [4.69, 9.17) is 32.8 Å². The van der Waals surface area contributed by atoms with Crippen LogP contribution >= 0.6 is 11.6 Å². The van der Waals surface area contributed by atoms with Crippen LogP contribution in [0.15, 0.2) is 4.99 Å². The molecule has 0 aliphatic carbocycles. The zero-order valence-corrected chi connectivity index (χ0v) is 21.9.